The molecule has 7 nitrogen and oxygen atoms in total. The topological polar surface area (TPSA) is 95.1 Å². The lowest BCUT2D eigenvalue weighted by molar-refractivity contribution is -0.113. The SMILES string of the molecule is Cc1ccccc1NC(=O)CSc1nnc(COc2ccc(F)cc2)n1N. The summed E-state index contributed by atoms with van der Waals surface area (Å²) < 4.78 is 19.7. The number of halogens is 1. The fourth-order valence-corrected chi connectivity index (χ4v) is 2.89. The molecule has 0 aliphatic rings. The van der Waals surface area contributed by atoms with Gasteiger partial charge in [0.2, 0.25) is 11.1 Å². The number of para-hydroxylation sites is 1. The molecule has 0 unspecified atom stereocenters. The monoisotopic (exact) mass is 387 g/mol. The molecule has 1 heterocycles. The minimum atomic E-state index is -0.341. The molecule has 140 valence electrons. The van der Waals surface area contributed by atoms with Gasteiger partial charge in [-0.25, -0.2) is 9.07 Å². The lowest BCUT2D eigenvalue weighted by atomic mass is 10.2. The molecule has 0 spiro atoms. The van der Waals surface area contributed by atoms with E-state index >= 15 is 0 Å². The molecule has 3 N–H and O–H groups in total. The van der Waals surface area contributed by atoms with Crippen LogP contribution in [0.3, 0.4) is 0 Å². The smallest absolute Gasteiger partial charge is 0.234 e. The van der Waals surface area contributed by atoms with Crippen LogP contribution in [0.25, 0.3) is 0 Å². The van der Waals surface area contributed by atoms with Crippen molar-refractivity contribution in [3.63, 3.8) is 0 Å². The normalized spacial score (nSPS) is 10.6. The number of rotatable bonds is 7. The largest absolute Gasteiger partial charge is 0.486 e. The molecule has 0 saturated carbocycles. The first kappa shape index (κ1) is 18.7. The van der Waals surface area contributed by atoms with Gasteiger partial charge in [0, 0.05) is 5.69 Å². The highest BCUT2D eigenvalue weighted by Gasteiger charge is 2.13. The van der Waals surface area contributed by atoms with Gasteiger partial charge in [-0.05, 0) is 42.8 Å². The first-order chi connectivity index (χ1) is 13.0. The quantitative estimate of drug-likeness (QED) is 0.478. The number of hydrogen-bond acceptors (Lipinski definition) is 6. The Morgan fingerprint density at radius 3 is 2.70 bits per heavy atom. The molecular weight excluding hydrogens is 369 g/mol. The van der Waals surface area contributed by atoms with Crippen LogP contribution < -0.4 is 15.9 Å². The summed E-state index contributed by atoms with van der Waals surface area (Å²) in [6, 6.07) is 13.2. The zero-order valence-electron chi connectivity index (χ0n) is 14.6. The van der Waals surface area contributed by atoms with Gasteiger partial charge >= 0.3 is 0 Å². The van der Waals surface area contributed by atoms with Crippen molar-refractivity contribution in [1.82, 2.24) is 14.9 Å². The van der Waals surface area contributed by atoms with E-state index in [0.717, 1.165) is 11.3 Å². The number of nitrogen functional groups attached to an aromatic ring is 1. The lowest BCUT2D eigenvalue weighted by Crippen LogP contribution is -2.18. The summed E-state index contributed by atoms with van der Waals surface area (Å²) in [7, 11) is 0. The number of carbonyl (C=O) groups is 1. The standard InChI is InChI=1S/C18H18FN5O2S/c1-12-4-2-3-5-15(12)21-17(25)11-27-18-23-22-16(24(18)20)10-26-14-8-6-13(19)7-9-14/h2-9H,10-11,20H2,1H3,(H,21,25). The Morgan fingerprint density at radius 1 is 1.22 bits per heavy atom. The number of anilines is 1. The number of nitrogens with zero attached hydrogens (tertiary/aromatic N) is 3. The van der Waals surface area contributed by atoms with Crippen molar-refractivity contribution < 1.29 is 13.9 Å². The fraction of sp³-hybridized carbons (Fsp3) is 0.167. The van der Waals surface area contributed by atoms with Gasteiger partial charge in [-0.15, -0.1) is 10.2 Å². The number of nitrogens with two attached hydrogens (primary N) is 1. The van der Waals surface area contributed by atoms with Gasteiger partial charge in [0.1, 0.15) is 18.2 Å². The number of aryl methyl sites for hydroxylation is 1. The minimum Gasteiger partial charge on any atom is -0.486 e. The Labute approximate surface area is 159 Å². The highest BCUT2D eigenvalue weighted by molar-refractivity contribution is 7.99. The summed E-state index contributed by atoms with van der Waals surface area (Å²) >= 11 is 1.17. The molecule has 0 radical (unpaired) electrons. The van der Waals surface area contributed by atoms with E-state index in [4.69, 9.17) is 10.6 Å². The van der Waals surface area contributed by atoms with Crippen LogP contribution in [-0.2, 0) is 11.4 Å². The summed E-state index contributed by atoms with van der Waals surface area (Å²) in [4.78, 5) is 12.1. The van der Waals surface area contributed by atoms with Crippen LogP contribution in [0.5, 0.6) is 5.75 Å². The maximum atomic E-state index is 12.9. The molecule has 9 heteroatoms. The van der Waals surface area contributed by atoms with Crippen LogP contribution in [0.15, 0.2) is 53.7 Å². The first-order valence-corrected chi connectivity index (χ1v) is 9.07. The van der Waals surface area contributed by atoms with Crippen LogP contribution in [-0.4, -0.2) is 26.5 Å². The molecule has 27 heavy (non-hydrogen) atoms. The van der Waals surface area contributed by atoms with Gasteiger partial charge in [0.15, 0.2) is 5.82 Å². The maximum Gasteiger partial charge on any atom is 0.234 e. The van der Waals surface area contributed by atoms with E-state index in [1.54, 1.807) is 0 Å². The van der Waals surface area contributed by atoms with Gasteiger partial charge < -0.3 is 15.9 Å². The number of hydrogen-bond donors (Lipinski definition) is 2. The second kappa shape index (κ2) is 8.54. The average molecular weight is 387 g/mol. The Balaban J connectivity index is 1.53. The summed E-state index contributed by atoms with van der Waals surface area (Å²) in [6.07, 6.45) is 0. The van der Waals surface area contributed by atoms with Gasteiger partial charge in [-0.2, -0.15) is 0 Å². The van der Waals surface area contributed by atoms with E-state index in [1.807, 2.05) is 31.2 Å². The molecule has 1 amide bonds. The third-order valence-electron chi connectivity index (χ3n) is 3.67. The molecule has 0 saturated heterocycles. The second-order valence-corrected chi connectivity index (χ2v) is 6.61. The predicted octanol–water partition coefficient (Wildman–Crippen LogP) is 2.75. The van der Waals surface area contributed by atoms with Gasteiger partial charge in [0.25, 0.3) is 0 Å². The Morgan fingerprint density at radius 2 is 1.96 bits per heavy atom. The lowest BCUT2D eigenvalue weighted by Gasteiger charge is -2.08. The Kier molecular flexibility index (Phi) is 5.92. The molecule has 1 aromatic heterocycles. The second-order valence-electron chi connectivity index (χ2n) is 5.66. The molecular formula is C18H18FN5O2S. The van der Waals surface area contributed by atoms with Crippen molar-refractivity contribution in [2.24, 2.45) is 0 Å². The number of amides is 1. The number of benzene rings is 2. The highest BCUT2D eigenvalue weighted by Crippen LogP contribution is 2.18. The van der Waals surface area contributed by atoms with Crippen LogP contribution in [0, 0.1) is 12.7 Å². The van der Waals surface area contributed by atoms with E-state index in [9.17, 15) is 9.18 Å². The third kappa shape index (κ3) is 4.98. The fourth-order valence-electron chi connectivity index (χ4n) is 2.21. The van der Waals surface area contributed by atoms with E-state index in [-0.39, 0.29) is 24.1 Å². The molecule has 0 bridgehead atoms. The van der Waals surface area contributed by atoms with Crippen molar-refractivity contribution in [3.05, 3.63) is 65.7 Å². The van der Waals surface area contributed by atoms with E-state index in [1.165, 1.54) is 40.7 Å². The van der Waals surface area contributed by atoms with Crippen LogP contribution in [0.2, 0.25) is 0 Å². The Bertz CT molecular complexity index is 930. The van der Waals surface area contributed by atoms with Crippen molar-refractivity contribution in [2.75, 3.05) is 16.9 Å². The molecule has 3 rings (SSSR count). The van der Waals surface area contributed by atoms with Crippen molar-refractivity contribution in [2.45, 2.75) is 18.7 Å². The van der Waals surface area contributed by atoms with Crippen molar-refractivity contribution >= 4 is 23.4 Å². The first-order valence-electron chi connectivity index (χ1n) is 8.09. The summed E-state index contributed by atoms with van der Waals surface area (Å²) in [5, 5.41) is 11.2. The predicted molar refractivity (Wildman–Crippen MR) is 101 cm³/mol. The van der Waals surface area contributed by atoms with E-state index < -0.39 is 0 Å². The van der Waals surface area contributed by atoms with Crippen LogP contribution in [0.1, 0.15) is 11.4 Å². The highest BCUT2D eigenvalue weighted by atomic mass is 32.2. The van der Waals surface area contributed by atoms with Crippen LogP contribution >= 0.6 is 11.8 Å². The number of thioether (sulfide) groups is 1. The molecule has 3 aromatic rings. The molecule has 0 aliphatic carbocycles. The zero-order chi connectivity index (χ0) is 19.2. The number of ether oxygens (including phenoxy) is 1. The molecule has 2 aromatic carbocycles. The van der Waals surface area contributed by atoms with E-state index in [2.05, 4.69) is 15.5 Å². The number of aromatic nitrogens is 3. The zero-order valence-corrected chi connectivity index (χ0v) is 15.4. The van der Waals surface area contributed by atoms with Crippen LogP contribution in [0.4, 0.5) is 10.1 Å². The summed E-state index contributed by atoms with van der Waals surface area (Å²) in [6.45, 7) is 2.00. The van der Waals surface area contributed by atoms with E-state index in [0.29, 0.717) is 16.7 Å². The molecule has 0 fully saturated rings. The van der Waals surface area contributed by atoms with Gasteiger partial charge in [-0.3, -0.25) is 4.79 Å². The summed E-state index contributed by atoms with van der Waals surface area (Å²) in [5.41, 5.74) is 1.75. The third-order valence-corrected chi connectivity index (χ3v) is 4.61. The summed E-state index contributed by atoms with van der Waals surface area (Å²) in [5.74, 6) is 6.47. The number of carbonyl (C=O) groups excluding carboxylic acids is 1. The van der Waals surface area contributed by atoms with Gasteiger partial charge in [-0.1, -0.05) is 30.0 Å². The van der Waals surface area contributed by atoms with Crippen molar-refractivity contribution in [3.8, 4) is 5.75 Å². The van der Waals surface area contributed by atoms with Crippen molar-refractivity contribution in [1.29, 1.82) is 0 Å². The molecule has 0 atom stereocenters. The number of nitrogens with one attached hydrogen (secondary N) is 1. The maximum absolute atomic E-state index is 12.9. The minimum absolute atomic E-state index is 0.0745. The molecule has 0 aliphatic heterocycles. The van der Waals surface area contributed by atoms with Gasteiger partial charge in [0.05, 0.1) is 5.75 Å². The Hall–Kier alpha value is -3.07. The average Bonchev–Trinajstić information content (AvgIpc) is 3.01.